The molecule has 2 aliphatic rings. The Morgan fingerprint density at radius 1 is 1.08 bits per heavy atom. The van der Waals surface area contributed by atoms with Gasteiger partial charge in [-0.05, 0) is 56.0 Å². The largest absolute Gasteiger partial charge is 0.487 e. The molecule has 0 unspecified atom stereocenters. The van der Waals surface area contributed by atoms with Gasteiger partial charge in [-0.1, -0.05) is 29.4 Å². The third-order valence-corrected chi connectivity index (χ3v) is 7.05. The van der Waals surface area contributed by atoms with Crippen LogP contribution in [0.4, 0.5) is 0 Å². The number of carboxylic acid groups (broad SMARTS) is 1. The van der Waals surface area contributed by atoms with Gasteiger partial charge < -0.3 is 19.1 Å². The highest BCUT2D eigenvalue weighted by molar-refractivity contribution is 5.99. The molecule has 1 fully saturated rings. The second kappa shape index (κ2) is 9.05. The molecule has 3 heterocycles. The van der Waals surface area contributed by atoms with Crippen LogP contribution in [0.25, 0.3) is 22.8 Å². The molecule has 0 bridgehead atoms. The fraction of sp³-hybridized carbons (Fsp3) is 0.407. The van der Waals surface area contributed by atoms with Gasteiger partial charge in [0.15, 0.2) is 5.41 Å². The molecule has 1 aromatic heterocycles. The number of piperidine rings is 1. The number of hydrogen-bond acceptors (Lipinski definition) is 8. The summed E-state index contributed by atoms with van der Waals surface area (Å²) in [7, 11) is 1.23. The Labute approximate surface area is 209 Å². The normalized spacial score (nSPS) is 18.3. The average molecular weight is 492 g/mol. The Morgan fingerprint density at radius 2 is 1.78 bits per heavy atom. The van der Waals surface area contributed by atoms with Crippen molar-refractivity contribution in [2.24, 2.45) is 5.41 Å². The summed E-state index contributed by atoms with van der Waals surface area (Å²) in [5.41, 5.74) is 2.25. The molecule has 0 saturated carbocycles. The highest BCUT2D eigenvalue weighted by atomic mass is 16.5. The van der Waals surface area contributed by atoms with Gasteiger partial charge >= 0.3 is 11.9 Å². The van der Waals surface area contributed by atoms with Crippen molar-refractivity contribution in [2.75, 3.05) is 20.2 Å². The molecule has 9 nitrogen and oxygen atoms in total. The predicted octanol–water partition coefficient (Wildman–Crippen LogP) is 3.96. The molecule has 0 spiro atoms. The Bertz CT molecular complexity index is 1290. The van der Waals surface area contributed by atoms with Gasteiger partial charge in [0.2, 0.25) is 5.82 Å². The van der Waals surface area contributed by atoms with Crippen molar-refractivity contribution < 1.29 is 28.7 Å². The van der Waals surface area contributed by atoms with Crippen molar-refractivity contribution >= 4 is 11.9 Å². The number of carbonyl (C=O) groups excluding carboxylic acids is 1. The first-order valence-corrected chi connectivity index (χ1v) is 12.0. The van der Waals surface area contributed by atoms with Crippen LogP contribution in [0.2, 0.25) is 0 Å². The minimum atomic E-state index is -1.45. The van der Waals surface area contributed by atoms with Crippen LogP contribution >= 0.6 is 0 Å². The first kappa shape index (κ1) is 24.0. The molecule has 3 aromatic rings. The third-order valence-electron chi connectivity index (χ3n) is 7.05. The number of aromatic nitrogens is 2. The van der Waals surface area contributed by atoms with Crippen molar-refractivity contribution in [3.63, 3.8) is 0 Å². The molecule has 0 amide bonds. The fourth-order valence-electron chi connectivity index (χ4n) is 5.01. The van der Waals surface area contributed by atoms with Gasteiger partial charge in [-0.25, -0.2) is 0 Å². The van der Waals surface area contributed by atoms with E-state index in [1.165, 1.54) is 7.11 Å². The van der Waals surface area contributed by atoms with Crippen LogP contribution < -0.4 is 4.74 Å². The van der Waals surface area contributed by atoms with E-state index in [-0.39, 0.29) is 18.4 Å². The third kappa shape index (κ3) is 4.46. The molecule has 2 aromatic carbocycles. The van der Waals surface area contributed by atoms with E-state index in [0.717, 1.165) is 34.4 Å². The number of fused-ring (bicyclic) bond motifs is 1. The fourth-order valence-corrected chi connectivity index (χ4v) is 5.01. The van der Waals surface area contributed by atoms with Crippen molar-refractivity contribution in [1.29, 1.82) is 0 Å². The number of ether oxygens (including phenoxy) is 2. The van der Waals surface area contributed by atoms with Gasteiger partial charge in [-0.3, -0.25) is 14.5 Å². The number of benzene rings is 2. The summed E-state index contributed by atoms with van der Waals surface area (Å²) in [5, 5.41) is 13.8. The topological polar surface area (TPSA) is 115 Å². The second-order valence-electron chi connectivity index (χ2n) is 10.1. The van der Waals surface area contributed by atoms with Gasteiger partial charge in [-0.2, -0.15) is 4.98 Å². The second-order valence-corrected chi connectivity index (χ2v) is 10.1. The summed E-state index contributed by atoms with van der Waals surface area (Å²) in [6.07, 6.45) is 1.28. The number of rotatable bonds is 6. The van der Waals surface area contributed by atoms with E-state index in [1.54, 1.807) is 0 Å². The molecule has 5 rings (SSSR count). The molecular formula is C27H29N3O6. The maximum atomic E-state index is 12.1. The molecule has 36 heavy (non-hydrogen) atoms. The first-order chi connectivity index (χ1) is 17.2. The number of methoxy groups -OCH3 is 1. The standard InChI is InChI=1S/C27H29N3O6/c1-26(2)15-20-14-19(8-9-21(20)35-26)23-28-22(29-36-23)18-6-4-17(5-7-18)16-30-12-10-27(11-13-30,24(31)32)25(33)34-3/h4-9,14H,10-13,15-16H2,1-3H3,(H,31,32). The van der Waals surface area contributed by atoms with Crippen LogP contribution in [0.3, 0.4) is 0 Å². The van der Waals surface area contributed by atoms with Gasteiger partial charge in [0.25, 0.3) is 5.89 Å². The lowest BCUT2D eigenvalue weighted by atomic mass is 9.78. The maximum absolute atomic E-state index is 12.1. The molecule has 0 radical (unpaired) electrons. The summed E-state index contributed by atoms with van der Waals surface area (Å²) in [4.78, 5) is 30.6. The summed E-state index contributed by atoms with van der Waals surface area (Å²) >= 11 is 0. The molecule has 0 atom stereocenters. The lowest BCUT2D eigenvalue weighted by Gasteiger charge is -2.36. The van der Waals surface area contributed by atoms with Crippen molar-refractivity contribution in [3.8, 4) is 28.6 Å². The Balaban J connectivity index is 1.23. The van der Waals surface area contributed by atoms with E-state index in [1.807, 2.05) is 42.5 Å². The molecule has 1 saturated heterocycles. The smallest absolute Gasteiger partial charge is 0.323 e. The SMILES string of the molecule is COC(=O)C1(C(=O)O)CCN(Cc2ccc(-c3noc(-c4ccc5c(c4)CC(C)(C)O5)n3)cc2)CC1. The van der Waals surface area contributed by atoms with Gasteiger partial charge in [0, 0.05) is 37.2 Å². The number of nitrogens with zero attached hydrogens (tertiary/aromatic N) is 3. The number of hydrogen-bond donors (Lipinski definition) is 1. The molecular weight excluding hydrogens is 462 g/mol. The van der Waals surface area contributed by atoms with Crippen LogP contribution in [0.15, 0.2) is 47.0 Å². The van der Waals surface area contributed by atoms with E-state index >= 15 is 0 Å². The van der Waals surface area contributed by atoms with E-state index in [9.17, 15) is 14.7 Å². The van der Waals surface area contributed by atoms with Gasteiger partial charge in [0.1, 0.15) is 11.4 Å². The monoisotopic (exact) mass is 491 g/mol. The number of aliphatic carboxylic acids is 1. The van der Waals surface area contributed by atoms with Crippen LogP contribution in [-0.4, -0.2) is 57.9 Å². The minimum Gasteiger partial charge on any atom is -0.487 e. The Hall–Kier alpha value is -3.72. The highest BCUT2D eigenvalue weighted by Gasteiger charge is 2.49. The van der Waals surface area contributed by atoms with Crippen LogP contribution in [0.5, 0.6) is 5.75 Å². The van der Waals surface area contributed by atoms with Crippen LogP contribution in [0.1, 0.15) is 37.8 Å². The predicted molar refractivity (Wildman–Crippen MR) is 130 cm³/mol. The van der Waals surface area contributed by atoms with Crippen LogP contribution in [0, 0.1) is 5.41 Å². The lowest BCUT2D eigenvalue weighted by molar-refractivity contribution is -0.170. The van der Waals surface area contributed by atoms with Crippen LogP contribution in [-0.2, 0) is 27.3 Å². The summed E-state index contributed by atoms with van der Waals surface area (Å²) < 4.78 is 16.2. The Morgan fingerprint density at radius 3 is 2.44 bits per heavy atom. The average Bonchev–Trinajstić information content (AvgIpc) is 3.47. The Kier molecular flexibility index (Phi) is 6.04. The first-order valence-electron chi connectivity index (χ1n) is 12.0. The number of likely N-dealkylation sites (tertiary alicyclic amines) is 1. The minimum absolute atomic E-state index is 0.211. The molecule has 0 aliphatic carbocycles. The zero-order valence-electron chi connectivity index (χ0n) is 20.6. The maximum Gasteiger partial charge on any atom is 0.323 e. The highest BCUT2D eigenvalue weighted by Crippen LogP contribution is 2.37. The van der Waals surface area contributed by atoms with E-state index in [4.69, 9.17) is 14.0 Å². The van der Waals surface area contributed by atoms with Gasteiger partial charge in [-0.15, -0.1) is 0 Å². The zero-order valence-corrected chi connectivity index (χ0v) is 20.6. The number of esters is 1. The molecule has 1 N–H and O–H groups in total. The zero-order chi connectivity index (χ0) is 25.5. The number of carboxylic acids is 1. The van der Waals surface area contributed by atoms with Crippen molar-refractivity contribution in [2.45, 2.75) is 45.3 Å². The van der Waals surface area contributed by atoms with Gasteiger partial charge in [0.05, 0.1) is 7.11 Å². The summed E-state index contributed by atoms with van der Waals surface area (Å²) in [6.45, 7) is 5.79. The van der Waals surface area contributed by atoms with Crippen molar-refractivity contribution in [3.05, 3.63) is 53.6 Å². The van der Waals surface area contributed by atoms with E-state index in [2.05, 4.69) is 28.9 Å². The molecule has 188 valence electrons. The quantitative estimate of drug-likeness (QED) is 0.404. The molecule has 2 aliphatic heterocycles. The van der Waals surface area contributed by atoms with Crippen molar-refractivity contribution in [1.82, 2.24) is 15.0 Å². The summed E-state index contributed by atoms with van der Waals surface area (Å²) in [5.74, 6) is 0.0792. The molecule has 9 heteroatoms. The van der Waals surface area contributed by atoms with E-state index in [0.29, 0.717) is 31.3 Å². The summed E-state index contributed by atoms with van der Waals surface area (Å²) in [6, 6.07) is 13.8. The number of carbonyl (C=O) groups is 2. The van der Waals surface area contributed by atoms with E-state index < -0.39 is 17.4 Å². The lowest BCUT2D eigenvalue weighted by Crippen LogP contribution is -2.49.